The second kappa shape index (κ2) is 45.4. The Morgan fingerprint density at radius 1 is 0.517 bits per heavy atom. The third-order valence-electron chi connectivity index (χ3n) is 10.6. The van der Waals surface area contributed by atoms with Crippen LogP contribution in [0.5, 0.6) is 0 Å². The Labute approximate surface area is 358 Å². The van der Waals surface area contributed by atoms with Crippen molar-refractivity contribution in [2.24, 2.45) is 0 Å². The number of aliphatic hydroxyl groups is 2. The smallest absolute Gasteiger partial charge is 0.306 e. The quantitative estimate of drug-likeness (QED) is 0.0324. The van der Waals surface area contributed by atoms with Crippen molar-refractivity contribution in [3.8, 4) is 0 Å². The first-order chi connectivity index (χ1) is 28.5. The van der Waals surface area contributed by atoms with E-state index in [1.807, 2.05) is 36.5 Å². The van der Waals surface area contributed by atoms with E-state index < -0.39 is 18.2 Å². The van der Waals surface area contributed by atoms with Crippen LogP contribution in [0, 0.1) is 0 Å². The molecule has 3 atom stereocenters. The number of rotatable bonds is 42. The van der Waals surface area contributed by atoms with Gasteiger partial charge in [-0.15, -0.1) is 0 Å². The molecule has 0 spiro atoms. The SMILES string of the molecule is CC/C=C/C=C/C=C\C=C/CCCC(CC(=O)NC(CO)C(O)CCCCCCCCCCCC)OC(=O)CCCCCCC/C=C/C=C/CCCCCCCCC. The van der Waals surface area contributed by atoms with Crippen molar-refractivity contribution in [1.29, 1.82) is 0 Å². The highest BCUT2D eigenvalue weighted by molar-refractivity contribution is 5.77. The van der Waals surface area contributed by atoms with Crippen LogP contribution >= 0.6 is 0 Å². The summed E-state index contributed by atoms with van der Waals surface area (Å²) in [4.78, 5) is 26.0. The molecule has 0 aliphatic rings. The van der Waals surface area contributed by atoms with Crippen molar-refractivity contribution in [2.75, 3.05) is 6.61 Å². The molecule has 0 heterocycles. The van der Waals surface area contributed by atoms with Crippen LogP contribution in [0.3, 0.4) is 0 Å². The molecule has 0 saturated heterocycles. The number of esters is 1. The van der Waals surface area contributed by atoms with Gasteiger partial charge in [0.05, 0.1) is 25.2 Å². The molecule has 6 nitrogen and oxygen atoms in total. The minimum atomic E-state index is -0.808. The summed E-state index contributed by atoms with van der Waals surface area (Å²) in [5.74, 6) is -0.565. The summed E-state index contributed by atoms with van der Waals surface area (Å²) < 4.78 is 5.87. The van der Waals surface area contributed by atoms with E-state index in [2.05, 4.69) is 62.5 Å². The minimum Gasteiger partial charge on any atom is -0.462 e. The van der Waals surface area contributed by atoms with Gasteiger partial charge in [0.1, 0.15) is 6.10 Å². The highest BCUT2D eigenvalue weighted by Gasteiger charge is 2.24. The van der Waals surface area contributed by atoms with Crippen LogP contribution in [0.4, 0.5) is 0 Å². The van der Waals surface area contributed by atoms with E-state index in [-0.39, 0.29) is 24.9 Å². The minimum absolute atomic E-state index is 0.0226. The lowest BCUT2D eigenvalue weighted by Crippen LogP contribution is -2.46. The first-order valence-corrected chi connectivity index (χ1v) is 24.2. The van der Waals surface area contributed by atoms with Crippen molar-refractivity contribution in [1.82, 2.24) is 5.32 Å². The number of unbranched alkanes of at least 4 members (excludes halogenated alkanes) is 22. The fourth-order valence-electron chi connectivity index (χ4n) is 6.97. The Balaban J connectivity index is 4.63. The van der Waals surface area contributed by atoms with Gasteiger partial charge in [0.15, 0.2) is 0 Å². The van der Waals surface area contributed by atoms with Crippen LogP contribution in [0.1, 0.15) is 220 Å². The number of hydrogen-bond acceptors (Lipinski definition) is 5. The van der Waals surface area contributed by atoms with E-state index in [4.69, 9.17) is 4.74 Å². The summed E-state index contributed by atoms with van der Waals surface area (Å²) >= 11 is 0. The topological polar surface area (TPSA) is 95.9 Å². The maximum absolute atomic E-state index is 13.1. The summed E-state index contributed by atoms with van der Waals surface area (Å²) in [6.07, 6.45) is 56.9. The van der Waals surface area contributed by atoms with Crippen LogP contribution in [0.15, 0.2) is 72.9 Å². The molecule has 0 aromatic rings. The van der Waals surface area contributed by atoms with E-state index in [0.717, 1.165) is 77.0 Å². The molecule has 334 valence electrons. The van der Waals surface area contributed by atoms with Crippen molar-refractivity contribution >= 4 is 11.9 Å². The molecule has 1 amide bonds. The fourth-order valence-corrected chi connectivity index (χ4v) is 6.97. The first kappa shape index (κ1) is 55.3. The zero-order chi connectivity index (χ0) is 42.4. The Bertz CT molecular complexity index is 1090. The van der Waals surface area contributed by atoms with E-state index in [9.17, 15) is 19.8 Å². The Hall–Kier alpha value is -2.70. The highest BCUT2D eigenvalue weighted by atomic mass is 16.5. The lowest BCUT2D eigenvalue weighted by atomic mass is 10.0. The van der Waals surface area contributed by atoms with Gasteiger partial charge in [-0.2, -0.15) is 0 Å². The molecule has 0 aliphatic heterocycles. The third kappa shape index (κ3) is 40.1. The van der Waals surface area contributed by atoms with Crippen LogP contribution in [-0.4, -0.2) is 46.9 Å². The monoisotopic (exact) mass is 810 g/mol. The number of amides is 1. The van der Waals surface area contributed by atoms with Crippen molar-refractivity contribution in [2.45, 2.75) is 238 Å². The van der Waals surface area contributed by atoms with E-state index >= 15 is 0 Å². The number of ether oxygens (including phenoxy) is 1. The first-order valence-electron chi connectivity index (χ1n) is 24.2. The molecule has 0 aromatic heterocycles. The van der Waals surface area contributed by atoms with Gasteiger partial charge in [0.2, 0.25) is 5.91 Å². The Kier molecular flexibility index (Phi) is 43.3. The lowest BCUT2D eigenvalue weighted by molar-refractivity contribution is -0.151. The summed E-state index contributed by atoms with van der Waals surface area (Å²) in [6.45, 7) is 6.28. The van der Waals surface area contributed by atoms with Crippen molar-refractivity contribution in [3.63, 3.8) is 0 Å². The highest BCUT2D eigenvalue weighted by Crippen LogP contribution is 2.16. The second-order valence-electron chi connectivity index (χ2n) is 16.2. The van der Waals surface area contributed by atoms with Gasteiger partial charge in [-0.25, -0.2) is 0 Å². The standard InChI is InChI=1S/C52H91NO5/c1-4-7-10-13-16-19-22-23-24-25-26-27-28-30-33-36-39-42-45-52(57)58-48(43-40-37-34-31-29-20-17-14-11-8-5-2)46-51(56)53-49(47-54)50(55)44-41-38-35-32-21-18-15-12-9-6-3/h8,11,14,17,20,24-27,29,31,34,48-50,54-55H,4-7,9-10,12-13,15-16,18-19,21-23,28,30,32-33,35-47H2,1-3H3,(H,53,56)/b11-8+,17-14+,25-24+,27-26+,29-20-,34-31-. The van der Waals surface area contributed by atoms with Crippen LogP contribution in [0.2, 0.25) is 0 Å². The van der Waals surface area contributed by atoms with Gasteiger partial charge in [-0.05, 0) is 64.2 Å². The van der Waals surface area contributed by atoms with E-state index in [1.165, 1.54) is 96.3 Å². The molecule has 0 fully saturated rings. The number of carbonyl (C=O) groups excluding carboxylic acids is 2. The van der Waals surface area contributed by atoms with Crippen LogP contribution < -0.4 is 5.32 Å². The largest absolute Gasteiger partial charge is 0.462 e. The molecule has 3 N–H and O–H groups in total. The van der Waals surface area contributed by atoms with E-state index in [0.29, 0.717) is 19.3 Å². The normalized spacial score (nSPS) is 13.9. The maximum atomic E-state index is 13.1. The van der Waals surface area contributed by atoms with Gasteiger partial charge >= 0.3 is 5.97 Å². The summed E-state index contributed by atoms with van der Waals surface area (Å²) in [6, 6.07) is -0.727. The molecule has 58 heavy (non-hydrogen) atoms. The number of aliphatic hydroxyl groups excluding tert-OH is 2. The number of carbonyl (C=O) groups is 2. The van der Waals surface area contributed by atoms with Gasteiger partial charge < -0.3 is 20.3 Å². The summed E-state index contributed by atoms with van der Waals surface area (Å²) in [5, 5.41) is 23.6. The second-order valence-corrected chi connectivity index (χ2v) is 16.2. The molecule has 0 saturated carbocycles. The molecular weight excluding hydrogens is 719 g/mol. The lowest BCUT2D eigenvalue weighted by Gasteiger charge is -2.24. The van der Waals surface area contributed by atoms with Crippen LogP contribution in [-0.2, 0) is 14.3 Å². The van der Waals surface area contributed by atoms with Crippen molar-refractivity contribution in [3.05, 3.63) is 72.9 Å². The molecule has 3 unspecified atom stereocenters. The van der Waals surface area contributed by atoms with E-state index in [1.54, 1.807) is 0 Å². The average Bonchev–Trinajstić information content (AvgIpc) is 3.22. The number of allylic oxidation sites excluding steroid dienone is 12. The third-order valence-corrected chi connectivity index (χ3v) is 10.6. The zero-order valence-electron chi connectivity index (χ0n) is 37.9. The van der Waals surface area contributed by atoms with Gasteiger partial charge in [0.25, 0.3) is 0 Å². The predicted molar refractivity (Wildman–Crippen MR) is 250 cm³/mol. The summed E-state index contributed by atoms with van der Waals surface area (Å²) in [7, 11) is 0. The molecule has 0 aromatic carbocycles. The number of hydrogen-bond donors (Lipinski definition) is 3. The summed E-state index contributed by atoms with van der Waals surface area (Å²) in [5.41, 5.74) is 0. The Morgan fingerprint density at radius 3 is 1.47 bits per heavy atom. The number of nitrogens with one attached hydrogen (secondary N) is 1. The molecular formula is C52H91NO5. The maximum Gasteiger partial charge on any atom is 0.306 e. The predicted octanol–water partition coefficient (Wildman–Crippen LogP) is 14.2. The molecule has 6 heteroatoms. The molecule has 0 bridgehead atoms. The van der Waals surface area contributed by atoms with Crippen LogP contribution in [0.25, 0.3) is 0 Å². The van der Waals surface area contributed by atoms with Gasteiger partial charge in [0, 0.05) is 6.42 Å². The van der Waals surface area contributed by atoms with Gasteiger partial charge in [-0.1, -0.05) is 216 Å². The Morgan fingerprint density at radius 2 is 0.948 bits per heavy atom. The fraction of sp³-hybridized carbons (Fsp3) is 0.731. The van der Waals surface area contributed by atoms with Crippen molar-refractivity contribution < 1.29 is 24.5 Å². The average molecular weight is 810 g/mol. The molecule has 0 radical (unpaired) electrons. The molecule has 0 rings (SSSR count). The zero-order valence-corrected chi connectivity index (χ0v) is 37.9. The van der Waals surface area contributed by atoms with Gasteiger partial charge in [-0.3, -0.25) is 9.59 Å². The molecule has 0 aliphatic carbocycles.